The molecule has 132 valence electrons. The topological polar surface area (TPSA) is 40.5 Å². The van der Waals surface area contributed by atoms with Gasteiger partial charge in [-0.1, -0.05) is 18.2 Å². The lowest BCUT2D eigenvalue weighted by Crippen LogP contribution is -2.37. The van der Waals surface area contributed by atoms with Crippen molar-refractivity contribution in [2.24, 2.45) is 0 Å². The van der Waals surface area contributed by atoms with Crippen molar-refractivity contribution in [3.8, 4) is 0 Å². The minimum Gasteiger partial charge on any atom is -0.387 e. The summed E-state index contributed by atoms with van der Waals surface area (Å²) in [5, 5.41) is 10.3. The largest absolute Gasteiger partial charge is 0.387 e. The summed E-state index contributed by atoms with van der Waals surface area (Å²) in [7, 11) is 0. The molecule has 3 rings (SSSR count). The van der Waals surface area contributed by atoms with Crippen LogP contribution in [0.1, 0.15) is 30.1 Å². The first kappa shape index (κ1) is 17.5. The SMILES string of the molecule is O=C(Cc1ccc(F)cc1F)N(CC(O)c1ccc(F)cc1)C1CC1. The smallest absolute Gasteiger partial charge is 0.227 e. The van der Waals surface area contributed by atoms with Crippen molar-refractivity contribution in [3.05, 3.63) is 71.0 Å². The molecule has 0 aromatic heterocycles. The summed E-state index contributed by atoms with van der Waals surface area (Å²) in [6, 6.07) is 8.56. The average molecular weight is 349 g/mol. The molecule has 0 spiro atoms. The number of benzene rings is 2. The van der Waals surface area contributed by atoms with Crippen LogP contribution in [0.2, 0.25) is 0 Å². The van der Waals surface area contributed by atoms with Crippen molar-refractivity contribution < 1.29 is 23.1 Å². The van der Waals surface area contributed by atoms with Gasteiger partial charge in [-0.25, -0.2) is 13.2 Å². The van der Waals surface area contributed by atoms with E-state index in [0.29, 0.717) is 5.56 Å². The molecule has 0 radical (unpaired) electrons. The van der Waals surface area contributed by atoms with E-state index in [-0.39, 0.29) is 30.5 Å². The summed E-state index contributed by atoms with van der Waals surface area (Å²) in [5.41, 5.74) is 0.626. The highest BCUT2D eigenvalue weighted by molar-refractivity contribution is 5.79. The van der Waals surface area contributed by atoms with Gasteiger partial charge in [0.2, 0.25) is 5.91 Å². The summed E-state index contributed by atoms with van der Waals surface area (Å²) in [4.78, 5) is 14.1. The molecule has 0 bridgehead atoms. The molecule has 1 unspecified atom stereocenters. The molecule has 1 saturated carbocycles. The van der Waals surface area contributed by atoms with Crippen LogP contribution in [0, 0.1) is 17.5 Å². The van der Waals surface area contributed by atoms with Gasteiger partial charge >= 0.3 is 0 Å². The Morgan fingerprint density at radius 3 is 2.32 bits per heavy atom. The Kier molecular flexibility index (Phi) is 5.08. The van der Waals surface area contributed by atoms with Crippen molar-refractivity contribution in [1.82, 2.24) is 4.90 Å². The number of hydrogen-bond donors (Lipinski definition) is 1. The lowest BCUT2D eigenvalue weighted by molar-refractivity contribution is -0.132. The molecule has 25 heavy (non-hydrogen) atoms. The molecule has 1 N–H and O–H groups in total. The number of halogens is 3. The normalized spacial score (nSPS) is 15.0. The fourth-order valence-electron chi connectivity index (χ4n) is 2.75. The van der Waals surface area contributed by atoms with E-state index >= 15 is 0 Å². The third-order valence-corrected chi connectivity index (χ3v) is 4.29. The zero-order valence-electron chi connectivity index (χ0n) is 13.5. The Morgan fingerprint density at radius 2 is 1.72 bits per heavy atom. The van der Waals surface area contributed by atoms with Crippen LogP contribution in [0.5, 0.6) is 0 Å². The van der Waals surface area contributed by atoms with Gasteiger partial charge in [0.15, 0.2) is 0 Å². The maximum absolute atomic E-state index is 13.8. The summed E-state index contributed by atoms with van der Waals surface area (Å²) in [6.45, 7) is 0.0535. The number of hydrogen-bond acceptors (Lipinski definition) is 2. The van der Waals surface area contributed by atoms with E-state index in [2.05, 4.69) is 0 Å². The molecule has 1 amide bonds. The molecular weight excluding hydrogens is 331 g/mol. The summed E-state index contributed by atoms with van der Waals surface area (Å²) in [5.74, 6) is -2.19. The van der Waals surface area contributed by atoms with Crippen LogP contribution in [0.25, 0.3) is 0 Å². The quantitative estimate of drug-likeness (QED) is 0.869. The first-order valence-corrected chi connectivity index (χ1v) is 8.11. The summed E-state index contributed by atoms with van der Waals surface area (Å²) in [6.07, 6.45) is 0.503. The fourth-order valence-corrected chi connectivity index (χ4v) is 2.75. The van der Waals surface area contributed by atoms with E-state index in [4.69, 9.17) is 0 Å². The van der Waals surface area contributed by atoms with Gasteiger partial charge in [0.05, 0.1) is 19.1 Å². The second-order valence-corrected chi connectivity index (χ2v) is 6.26. The van der Waals surface area contributed by atoms with Crippen LogP contribution >= 0.6 is 0 Å². The second-order valence-electron chi connectivity index (χ2n) is 6.26. The predicted molar refractivity (Wildman–Crippen MR) is 86.2 cm³/mol. The zero-order chi connectivity index (χ0) is 18.0. The second kappa shape index (κ2) is 7.27. The standard InChI is InChI=1S/C19H18F3NO2/c20-14-4-1-12(2-5-14)18(24)11-23(16-7-8-16)19(25)9-13-3-6-15(21)10-17(13)22/h1-6,10,16,18,24H,7-9,11H2. The Bertz CT molecular complexity index is 760. The van der Waals surface area contributed by atoms with Crippen molar-refractivity contribution >= 4 is 5.91 Å². The van der Waals surface area contributed by atoms with Crippen LogP contribution in [-0.2, 0) is 11.2 Å². The highest BCUT2D eigenvalue weighted by atomic mass is 19.1. The molecule has 6 heteroatoms. The number of carbonyl (C=O) groups excluding carboxylic acids is 1. The van der Waals surface area contributed by atoms with Crippen molar-refractivity contribution in [1.29, 1.82) is 0 Å². The van der Waals surface area contributed by atoms with Gasteiger partial charge in [0.1, 0.15) is 17.5 Å². The molecule has 2 aromatic carbocycles. The zero-order valence-corrected chi connectivity index (χ0v) is 13.5. The van der Waals surface area contributed by atoms with Gasteiger partial charge in [-0.05, 0) is 42.2 Å². The molecule has 1 aliphatic carbocycles. The highest BCUT2D eigenvalue weighted by Crippen LogP contribution is 2.30. The maximum atomic E-state index is 13.8. The number of amides is 1. The minimum absolute atomic E-state index is 0.0195. The van der Waals surface area contributed by atoms with Crippen LogP contribution < -0.4 is 0 Å². The highest BCUT2D eigenvalue weighted by Gasteiger charge is 2.34. The van der Waals surface area contributed by atoms with Gasteiger partial charge in [-0.3, -0.25) is 4.79 Å². The number of rotatable bonds is 6. The summed E-state index contributed by atoms with van der Waals surface area (Å²) < 4.78 is 39.7. The maximum Gasteiger partial charge on any atom is 0.227 e. The Morgan fingerprint density at radius 1 is 1.08 bits per heavy atom. The number of nitrogens with zero attached hydrogens (tertiary/aromatic N) is 1. The predicted octanol–water partition coefficient (Wildman–Crippen LogP) is 3.37. The Hall–Kier alpha value is -2.34. The molecule has 1 aliphatic rings. The van der Waals surface area contributed by atoms with E-state index in [1.54, 1.807) is 0 Å². The Labute approximate surface area is 143 Å². The van der Waals surface area contributed by atoms with Crippen molar-refractivity contribution in [2.45, 2.75) is 31.4 Å². The molecule has 0 saturated heterocycles. The summed E-state index contributed by atoms with van der Waals surface area (Å²) >= 11 is 0. The van der Waals surface area contributed by atoms with Crippen LogP contribution in [0.15, 0.2) is 42.5 Å². The van der Waals surface area contributed by atoms with Crippen LogP contribution in [0.4, 0.5) is 13.2 Å². The lowest BCUT2D eigenvalue weighted by Gasteiger charge is -2.25. The van der Waals surface area contributed by atoms with E-state index in [9.17, 15) is 23.1 Å². The first-order chi connectivity index (χ1) is 11.9. The molecule has 1 fully saturated rings. The Balaban J connectivity index is 1.70. The molecule has 2 aromatic rings. The number of carbonyl (C=O) groups is 1. The van der Waals surface area contributed by atoms with Gasteiger partial charge in [0, 0.05) is 12.1 Å². The molecule has 3 nitrogen and oxygen atoms in total. The monoisotopic (exact) mass is 349 g/mol. The third kappa shape index (κ3) is 4.39. The van der Waals surface area contributed by atoms with Gasteiger partial charge in [-0.15, -0.1) is 0 Å². The van der Waals surface area contributed by atoms with E-state index in [1.165, 1.54) is 35.2 Å². The molecule has 1 atom stereocenters. The number of aliphatic hydroxyl groups excluding tert-OH is 1. The van der Waals surface area contributed by atoms with Crippen LogP contribution in [-0.4, -0.2) is 28.5 Å². The molecule has 0 heterocycles. The number of aliphatic hydroxyl groups is 1. The molecular formula is C19H18F3NO2. The minimum atomic E-state index is -0.955. The molecule has 0 aliphatic heterocycles. The van der Waals surface area contributed by atoms with Crippen LogP contribution in [0.3, 0.4) is 0 Å². The third-order valence-electron chi connectivity index (χ3n) is 4.29. The van der Waals surface area contributed by atoms with Crippen molar-refractivity contribution in [3.63, 3.8) is 0 Å². The van der Waals surface area contributed by atoms with Gasteiger partial charge < -0.3 is 10.0 Å². The lowest BCUT2D eigenvalue weighted by atomic mass is 10.1. The first-order valence-electron chi connectivity index (χ1n) is 8.11. The van der Waals surface area contributed by atoms with E-state index < -0.39 is 23.6 Å². The average Bonchev–Trinajstić information content (AvgIpc) is 3.40. The van der Waals surface area contributed by atoms with Gasteiger partial charge in [0.25, 0.3) is 0 Å². The van der Waals surface area contributed by atoms with Gasteiger partial charge in [-0.2, -0.15) is 0 Å². The fraction of sp³-hybridized carbons (Fsp3) is 0.316. The van der Waals surface area contributed by atoms with E-state index in [1.807, 2.05) is 0 Å². The van der Waals surface area contributed by atoms with Crippen molar-refractivity contribution in [2.75, 3.05) is 6.54 Å². The van der Waals surface area contributed by atoms with E-state index in [0.717, 1.165) is 25.0 Å².